The molecular weight excluding hydrogens is 186 g/mol. The van der Waals surface area contributed by atoms with Gasteiger partial charge in [-0.15, -0.1) is 0 Å². The normalized spacial score (nSPS) is 14.2. The Bertz CT molecular complexity index is 417. The van der Waals surface area contributed by atoms with Crippen LogP contribution in [-0.2, 0) is 6.42 Å². The molecule has 0 saturated carbocycles. The van der Waals surface area contributed by atoms with Crippen LogP contribution < -0.4 is 16.4 Å². The first-order valence-corrected chi connectivity index (χ1v) is 5.83. The van der Waals surface area contributed by atoms with Gasteiger partial charge in [0.2, 0.25) is 0 Å². The van der Waals surface area contributed by atoms with Crippen LogP contribution in [0.3, 0.4) is 0 Å². The summed E-state index contributed by atoms with van der Waals surface area (Å²) in [6, 6.07) is 0. The first-order chi connectivity index (χ1) is 7.42. The minimum atomic E-state index is 0.812. The third-order valence-electron chi connectivity index (χ3n) is 2.88. The molecule has 2 rings (SSSR count). The molecule has 3 heteroatoms. The summed E-state index contributed by atoms with van der Waals surface area (Å²) in [5, 5.41) is 1.34. The molecule has 2 heterocycles. The van der Waals surface area contributed by atoms with Crippen LogP contribution in [-0.4, -0.2) is 18.1 Å². The van der Waals surface area contributed by atoms with Crippen LogP contribution in [0.15, 0.2) is 11.2 Å². The summed E-state index contributed by atoms with van der Waals surface area (Å²) in [5.41, 5.74) is 7.97. The molecule has 0 aliphatic carbocycles. The minimum Gasteiger partial charge on any atom is -0.346 e. The monoisotopic (exact) mass is 205 g/mol. The Labute approximate surface area is 90.1 Å². The molecule has 3 N–H and O–H groups in total. The fourth-order valence-corrected chi connectivity index (χ4v) is 2.05. The van der Waals surface area contributed by atoms with Crippen LogP contribution in [0.2, 0.25) is 0 Å². The molecular formula is C12H19N3. The molecule has 0 aromatic carbocycles. The standard InChI is InChI=1S/C12H19N3/c13-7-3-1-2-5-10-9-15-12-11(10)6-4-8-14-12/h6,9H,1-5,7-8,13H2,(H,14,15). The number of fused-ring (bicyclic) bond motifs is 1. The van der Waals surface area contributed by atoms with Gasteiger partial charge in [-0.25, -0.2) is 0 Å². The molecule has 0 spiro atoms. The molecule has 15 heavy (non-hydrogen) atoms. The van der Waals surface area contributed by atoms with Gasteiger partial charge in [0.05, 0.1) is 0 Å². The lowest BCUT2D eigenvalue weighted by Crippen LogP contribution is -2.28. The van der Waals surface area contributed by atoms with E-state index >= 15 is 0 Å². The molecule has 0 radical (unpaired) electrons. The molecule has 1 aromatic rings. The number of hydrogen-bond acceptors (Lipinski definition) is 2. The van der Waals surface area contributed by atoms with Gasteiger partial charge in [0.15, 0.2) is 0 Å². The average molecular weight is 205 g/mol. The van der Waals surface area contributed by atoms with Crippen LogP contribution in [0.4, 0.5) is 0 Å². The zero-order valence-corrected chi connectivity index (χ0v) is 9.13. The summed E-state index contributed by atoms with van der Waals surface area (Å²) in [4.78, 5) is 7.70. The Hall–Kier alpha value is -1.09. The second-order valence-corrected chi connectivity index (χ2v) is 4.05. The number of aromatic nitrogens is 1. The molecule has 1 aliphatic rings. The van der Waals surface area contributed by atoms with E-state index in [4.69, 9.17) is 5.73 Å². The maximum atomic E-state index is 5.47. The maximum Gasteiger partial charge on any atom is 0.132 e. The van der Waals surface area contributed by atoms with Gasteiger partial charge in [-0.2, -0.15) is 0 Å². The Morgan fingerprint density at radius 3 is 3.13 bits per heavy atom. The van der Waals surface area contributed by atoms with Crippen molar-refractivity contribution in [3.05, 3.63) is 22.5 Å². The van der Waals surface area contributed by atoms with E-state index in [0.29, 0.717) is 0 Å². The molecule has 1 aliphatic heterocycles. The van der Waals surface area contributed by atoms with E-state index < -0.39 is 0 Å². The molecule has 1 aromatic heterocycles. The summed E-state index contributed by atoms with van der Waals surface area (Å²) in [6.07, 6.45) is 10.2. The largest absolute Gasteiger partial charge is 0.346 e. The van der Waals surface area contributed by atoms with Gasteiger partial charge in [0.25, 0.3) is 0 Å². The van der Waals surface area contributed by atoms with E-state index in [-0.39, 0.29) is 0 Å². The van der Waals surface area contributed by atoms with Crippen LogP contribution in [0.5, 0.6) is 0 Å². The van der Waals surface area contributed by atoms with Crippen molar-refractivity contribution in [1.82, 2.24) is 4.98 Å². The first kappa shape index (κ1) is 10.4. The van der Waals surface area contributed by atoms with Crippen molar-refractivity contribution in [2.24, 2.45) is 10.7 Å². The van der Waals surface area contributed by atoms with Crippen LogP contribution in [0, 0.1) is 0 Å². The second kappa shape index (κ2) is 5.12. The van der Waals surface area contributed by atoms with Crippen molar-refractivity contribution in [3.8, 4) is 0 Å². The lowest BCUT2D eigenvalue weighted by atomic mass is 10.1. The summed E-state index contributed by atoms with van der Waals surface area (Å²) >= 11 is 0. The molecule has 0 atom stereocenters. The number of nitrogens with zero attached hydrogens (tertiary/aromatic N) is 1. The molecule has 0 bridgehead atoms. The number of rotatable bonds is 5. The van der Waals surface area contributed by atoms with Crippen LogP contribution >= 0.6 is 0 Å². The molecule has 82 valence electrons. The SMILES string of the molecule is NCCCCCc1c[nH]c2c1=CCCN=2. The van der Waals surface area contributed by atoms with E-state index in [1.165, 1.54) is 23.6 Å². The fourth-order valence-electron chi connectivity index (χ4n) is 2.05. The van der Waals surface area contributed by atoms with Crippen LogP contribution in [0.25, 0.3) is 6.08 Å². The summed E-state index contributed by atoms with van der Waals surface area (Å²) in [7, 11) is 0. The molecule has 0 fully saturated rings. The predicted molar refractivity (Wildman–Crippen MR) is 62.1 cm³/mol. The number of aromatic amines is 1. The summed E-state index contributed by atoms with van der Waals surface area (Å²) in [6.45, 7) is 1.74. The van der Waals surface area contributed by atoms with Crippen molar-refractivity contribution in [2.45, 2.75) is 32.1 Å². The molecule has 0 amide bonds. The zero-order valence-electron chi connectivity index (χ0n) is 9.13. The van der Waals surface area contributed by atoms with E-state index in [1.807, 2.05) is 0 Å². The summed E-state index contributed by atoms with van der Waals surface area (Å²) in [5.74, 6) is 0. The van der Waals surface area contributed by atoms with Gasteiger partial charge in [-0.05, 0) is 37.8 Å². The van der Waals surface area contributed by atoms with Gasteiger partial charge in [0.1, 0.15) is 5.49 Å². The third-order valence-corrected chi connectivity index (χ3v) is 2.88. The van der Waals surface area contributed by atoms with Crippen molar-refractivity contribution < 1.29 is 0 Å². The van der Waals surface area contributed by atoms with E-state index in [0.717, 1.165) is 37.8 Å². The minimum absolute atomic E-state index is 0.812. The highest BCUT2D eigenvalue weighted by atomic mass is 14.8. The number of unbranched alkanes of at least 4 members (excludes halogenated alkanes) is 2. The average Bonchev–Trinajstić information content (AvgIpc) is 2.68. The Kier molecular flexibility index (Phi) is 3.56. The fraction of sp³-hybridized carbons (Fsp3) is 0.583. The zero-order chi connectivity index (χ0) is 10.5. The second-order valence-electron chi connectivity index (χ2n) is 4.05. The Balaban J connectivity index is 2.01. The maximum absolute atomic E-state index is 5.47. The van der Waals surface area contributed by atoms with Crippen molar-refractivity contribution >= 4 is 6.08 Å². The third kappa shape index (κ3) is 2.48. The quantitative estimate of drug-likeness (QED) is 0.675. The number of aryl methyl sites for hydroxylation is 1. The highest BCUT2D eigenvalue weighted by Crippen LogP contribution is 2.01. The van der Waals surface area contributed by atoms with E-state index in [9.17, 15) is 0 Å². The molecule has 0 saturated heterocycles. The number of hydrogen-bond donors (Lipinski definition) is 2. The summed E-state index contributed by atoms with van der Waals surface area (Å²) < 4.78 is 0. The number of H-pyrrole nitrogens is 1. The van der Waals surface area contributed by atoms with Crippen molar-refractivity contribution in [1.29, 1.82) is 0 Å². The Morgan fingerprint density at radius 1 is 1.33 bits per heavy atom. The topological polar surface area (TPSA) is 54.2 Å². The van der Waals surface area contributed by atoms with Crippen LogP contribution in [0.1, 0.15) is 31.2 Å². The lowest BCUT2D eigenvalue weighted by molar-refractivity contribution is 0.685. The smallest absolute Gasteiger partial charge is 0.132 e. The highest BCUT2D eigenvalue weighted by Gasteiger charge is 2.02. The van der Waals surface area contributed by atoms with Gasteiger partial charge in [-0.3, -0.25) is 4.99 Å². The van der Waals surface area contributed by atoms with Gasteiger partial charge >= 0.3 is 0 Å². The number of nitrogens with one attached hydrogen (secondary N) is 1. The highest BCUT2D eigenvalue weighted by molar-refractivity contribution is 5.29. The first-order valence-electron chi connectivity index (χ1n) is 5.83. The van der Waals surface area contributed by atoms with E-state index in [2.05, 4.69) is 22.2 Å². The van der Waals surface area contributed by atoms with Gasteiger partial charge in [-0.1, -0.05) is 12.5 Å². The number of nitrogens with two attached hydrogens (primary N) is 1. The van der Waals surface area contributed by atoms with Crippen molar-refractivity contribution in [3.63, 3.8) is 0 Å². The van der Waals surface area contributed by atoms with E-state index in [1.54, 1.807) is 0 Å². The Morgan fingerprint density at radius 2 is 2.27 bits per heavy atom. The lowest BCUT2D eigenvalue weighted by Gasteiger charge is -1.99. The van der Waals surface area contributed by atoms with Gasteiger partial charge in [0, 0.05) is 18.0 Å². The molecule has 3 nitrogen and oxygen atoms in total. The predicted octanol–water partition coefficient (Wildman–Crippen LogP) is 0.490. The van der Waals surface area contributed by atoms with Crippen molar-refractivity contribution in [2.75, 3.05) is 13.1 Å². The molecule has 0 unspecified atom stereocenters. The van der Waals surface area contributed by atoms with Gasteiger partial charge < -0.3 is 10.7 Å².